The Kier molecular flexibility index (Phi) is 2.63. The van der Waals surface area contributed by atoms with Gasteiger partial charge in [-0.1, -0.05) is 0 Å². The van der Waals surface area contributed by atoms with Gasteiger partial charge in [-0.05, 0) is 35.7 Å². The first-order chi connectivity index (χ1) is 8.15. The van der Waals surface area contributed by atoms with E-state index in [2.05, 4.69) is 30.9 Å². The number of aromatic nitrogens is 3. The topological polar surface area (TPSA) is 58.6 Å². The van der Waals surface area contributed by atoms with Gasteiger partial charge in [0.2, 0.25) is 0 Å². The number of thiazole rings is 1. The lowest BCUT2D eigenvalue weighted by Gasteiger charge is -2.03. The molecule has 3 rings (SSSR count). The van der Waals surface area contributed by atoms with E-state index < -0.39 is 0 Å². The average Bonchev–Trinajstić information content (AvgIpc) is 3.05. The summed E-state index contributed by atoms with van der Waals surface area (Å²) in [5.41, 5.74) is 1.70. The first kappa shape index (κ1) is 11.1. The summed E-state index contributed by atoms with van der Waals surface area (Å²) in [6.07, 6.45) is 2.23. The Hall–Kier alpha value is -1.01. The number of aromatic amines is 1. The summed E-state index contributed by atoms with van der Waals surface area (Å²) in [4.78, 5) is 23.4. The molecule has 0 amide bonds. The summed E-state index contributed by atoms with van der Waals surface area (Å²) in [7, 11) is 0. The van der Waals surface area contributed by atoms with Gasteiger partial charge in [0.1, 0.15) is 4.47 Å². The van der Waals surface area contributed by atoms with Crippen LogP contribution >= 0.6 is 27.3 Å². The highest BCUT2D eigenvalue weighted by Crippen LogP contribution is 2.41. The van der Waals surface area contributed by atoms with Crippen molar-refractivity contribution in [2.75, 3.05) is 0 Å². The SMILES string of the molecule is Cc1csc(-c2nc(C3CC3)c(Br)c(=O)[nH]2)n1. The van der Waals surface area contributed by atoms with Crippen molar-refractivity contribution < 1.29 is 0 Å². The van der Waals surface area contributed by atoms with Crippen LogP contribution in [0, 0.1) is 6.92 Å². The van der Waals surface area contributed by atoms with Gasteiger partial charge in [-0.15, -0.1) is 11.3 Å². The second-order valence-electron chi connectivity index (χ2n) is 4.18. The number of hydrogen-bond acceptors (Lipinski definition) is 4. The second-order valence-corrected chi connectivity index (χ2v) is 5.83. The molecular weight excluding hydrogens is 302 g/mol. The molecule has 0 saturated heterocycles. The largest absolute Gasteiger partial charge is 0.304 e. The summed E-state index contributed by atoms with van der Waals surface area (Å²) < 4.78 is 0.567. The predicted molar refractivity (Wildman–Crippen MR) is 70.4 cm³/mol. The fourth-order valence-electron chi connectivity index (χ4n) is 1.67. The molecule has 17 heavy (non-hydrogen) atoms. The number of H-pyrrole nitrogens is 1. The molecule has 1 fully saturated rings. The van der Waals surface area contributed by atoms with Gasteiger partial charge in [0, 0.05) is 17.0 Å². The quantitative estimate of drug-likeness (QED) is 0.927. The average molecular weight is 312 g/mol. The van der Waals surface area contributed by atoms with Crippen molar-refractivity contribution in [2.45, 2.75) is 25.7 Å². The first-order valence-corrected chi connectivity index (χ1v) is 7.04. The van der Waals surface area contributed by atoms with E-state index in [0.29, 0.717) is 16.2 Å². The summed E-state index contributed by atoms with van der Waals surface area (Å²) in [5, 5.41) is 2.72. The van der Waals surface area contributed by atoms with Crippen LogP contribution < -0.4 is 5.56 Å². The molecule has 2 heterocycles. The van der Waals surface area contributed by atoms with Crippen LogP contribution in [0.2, 0.25) is 0 Å². The molecule has 4 nitrogen and oxygen atoms in total. The van der Waals surface area contributed by atoms with Gasteiger partial charge in [0.25, 0.3) is 5.56 Å². The van der Waals surface area contributed by atoms with Gasteiger partial charge in [-0.25, -0.2) is 9.97 Å². The first-order valence-electron chi connectivity index (χ1n) is 5.37. The lowest BCUT2D eigenvalue weighted by Crippen LogP contribution is -2.13. The predicted octanol–water partition coefficient (Wildman–Crippen LogP) is 2.84. The fourth-order valence-corrected chi connectivity index (χ4v) is 2.92. The van der Waals surface area contributed by atoms with Crippen LogP contribution in [0.1, 0.15) is 30.1 Å². The van der Waals surface area contributed by atoms with Crippen LogP contribution in [0.4, 0.5) is 0 Å². The van der Waals surface area contributed by atoms with Crippen molar-refractivity contribution in [3.05, 3.63) is 31.6 Å². The van der Waals surface area contributed by atoms with E-state index in [1.807, 2.05) is 12.3 Å². The normalized spacial score (nSPS) is 15.2. The Bertz CT molecular complexity index is 630. The number of hydrogen-bond donors (Lipinski definition) is 1. The molecule has 0 radical (unpaired) electrons. The summed E-state index contributed by atoms with van der Waals surface area (Å²) in [6.45, 7) is 1.93. The van der Waals surface area contributed by atoms with Crippen LogP contribution in [0.25, 0.3) is 10.8 Å². The van der Waals surface area contributed by atoms with E-state index in [9.17, 15) is 4.79 Å². The van der Waals surface area contributed by atoms with Crippen LogP contribution in [-0.2, 0) is 0 Å². The maximum atomic E-state index is 11.8. The zero-order valence-corrected chi connectivity index (χ0v) is 11.6. The lowest BCUT2D eigenvalue weighted by molar-refractivity contribution is 0.957. The molecule has 1 aliphatic rings. The smallest absolute Gasteiger partial charge is 0.265 e. The van der Waals surface area contributed by atoms with E-state index in [1.165, 1.54) is 11.3 Å². The van der Waals surface area contributed by atoms with Crippen molar-refractivity contribution in [3.8, 4) is 10.8 Å². The van der Waals surface area contributed by atoms with E-state index >= 15 is 0 Å². The lowest BCUT2D eigenvalue weighted by atomic mass is 10.3. The molecule has 2 aromatic rings. The molecule has 0 aliphatic heterocycles. The van der Waals surface area contributed by atoms with Crippen LogP contribution in [0.3, 0.4) is 0 Å². The Morgan fingerprint density at radius 1 is 1.47 bits per heavy atom. The zero-order valence-electron chi connectivity index (χ0n) is 9.16. The third kappa shape index (κ3) is 2.07. The molecule has 1 saturated carbocycles. The van der Waals surface area contributed by atoms with Gasteiger partial charge in [-0.2, -0.15) is 0 Å². The van der Waals surface area contributed by atoms with E-state index in [0.717, 1.165) is 29.2 Å². The third-order valence-electron chi connectivity index (χ3n) is 2.67. The standard InChI is InChI=1S/C11H10BrN3OS/c1-5-4-17-11(13-5)9-14-8(6-2-3-6)7(12)10(16)15-9/h4,6H,2-3H2,1H3,(H,14,15,16). The highest BCUT2D eigenvalue weighted by Gasteiger charge is 2.29. The molecule has 88 valence electrons. The van der Waals surface area contributed by atoms with Gasteiger partial charge in [-0.3, -0.25) is 4.79 Å². The molecule has 1 N–H and O–H groups in total. The molecule has 2 aromatic heterocycles. The Labute approximate surface area is 110 Å². The van der Waals surface area contributed by atoms with E-state index in [-0.39, 0.29) is 5.56 Å². The van der Waals surface area contributed by atoms with Gasteiger partial charge in [0.05, 0.1) is 5.69 Å². The van der Waals surface area contributed by atoms with Crippen molar-refractivity contribution in [1.82, 2.24) is 15.0 Å². The molecule has 0 unspecified atom stereocenters. The van der Waals surface area contributed by atoms with Crippen molar-refractivity contribution in [2.24, 2.45) is 0 Å². The number of nitrogens with zero attached hydrogens (tertiary/aromatic N) is 2. The second kappa shape index (κ2) is 4.03. The Morgan fingerprint density at radius 2 is 2.24 bits per heavy atom. The minimum atomic E-state index is -0.121. The number of rotatable bonds is 2. The number of halogens is 1. The van der Waals surface area contributed by atoms with Crippen molar-refractivity contribution in [3.63, 3.8) is 0 Å². The monoisotopic (exact) mass is 311 g/mol. The van der Waals surface area contributed by atoms with Crippen LogP contribution in [-0.4, -0.2) is 15.0 Å². The van der Waals surface area contributed by atoms with Gasteiger partial charge >= 0.3 is 0 Å². The maximum Gasteiger partial charge on any atom is 0.265 e. The highest BCUT2D eigenvalue weighted by molar-refractivity contribution is 9.10. The van der Waals surface area contributed by atoms with E-state index in [1.54, 1.807) is 0 Å². The number of aryl methyl sites for hydroxylation is 1. The molecule has 0 spiro atoms. The molecular formula is C11H10BrN3OS. The summed E-state index contributed by atoms with van der Waals surface area (Å²) in [6, 6.07) is 0. The van der Waals surface area contributed by atoms with Gasteiger partial charge < -0.3 is 4.98 Å². The van der Waals surface area contributed by atoms with Crippen molar-refractivity contribution in [1.29, 1.82) is 0 Å². The highest BCUT2D eigenvalue weighted by atomic mass is 79.9. The molecule has 0 atom stereocenters. The van der Waals surface area contributed by atoms with E-state index in [4.69, 9.17) is 0 Å². The van der Waals surface area contributed by atoms with Crippen LogP contribution in [0.15, 0.2) is 14.6 Å². The minimum absolute atomic E-state index is 0.121. The third-order valence-corrected chi connectivity index (χ3v) is 4.41. The molecule has 0 aromatic carbocycles. The summed E-state index contributed by atoms with van der Waals surface area (Å²) >= 11 is 4.81. The maximum absolute atomic E-state index is 11.8. The van der Waals surface area contributed by atoms with Gasteiger partial charge in [0.15, 0.2) is 10.8 Å². The molecule has 6 heteroatoms. The molecule has 1 aliphatic carbocycles. The molecule has 0 bridgehead atoms. The minimum Gasteiger partial charge on any atom is -0.304 e. The Balaban J connectivity index is 2.14. The van der Waals surface area contributed by atoms with Crippen molar-refractivity contribution >= 4 is 27.3 Å². The number of nitrogens with one attached hydrogen (secondary N) is 1. The fraction of sp³-hybridized carbons (Fsp3) is 0.364. The Morgan fingerprint density at radius 3 is 2.82 bits per heavy atom. The van der Waals surface area contributed by atoms with Crippen LogP contribution in [0.5, 0.6) is 0 Å². The zero-order chi connectivity index (χ0) is 12.0. The summed E-state index contributed by atoms with van der Waals surface area (Å²) in [5.74, 6) is 1.02.